The van der Waals surface area contributed by atoms with Crippen molar-refractivity contribution in [3.63, 3.8) is 0 Å². The van der Waals surface area contributed by atoms with E-state index in [1.54, 1.807) is 0 Å². The molecule has 14 heavy (non-hydrogen) atoms. The smallest absolute Gasteiger partial charge is 0.0700 e. The van der Waals surface area contributed by atoms with Crippen LogP contribution in [0.4, 0.5) is 0 Å². The van der Waals surface area contributed by atoms with Crippen LogP contribution in [0, 0.1) is 0 Å². The van der Waals surface area contributed by atoms with Gasteiger partial charge in [-0.05, 0) is 26.7 Å². The van der Waals surface area contributed by atoms with Crippen molar-refractivity contribution in [2.45, 2.75) is 57.7 Å². The molecule has 0 aliphatic carbocycles. The van der Waals surface area contributed by atoms with Crippen molar-refractivity contribution in [3.8, 4) is 0 Å². The van der Waals surface area contributed by atoms with Gasteiger partial charge in [-0.2, -0.15) is 0 Å². The van der Waals surface area contributed by atoms with E-state index in [9.17, 15) is 5.11 Å². The fraction of sp³-hybridized carbons (Fsp3) is 1.00. The molecule has 1 fully saturated rings. The normalized spacial score (nSPS) is 31.7. The van der Waals surface area contributed by atoms with E-state index in [0.717, 1.165) is 25.9 Å². The van der Waals surface area contributed by atoms with E-state index in [2.05, 4.69) is 26.1 Å². The lowest BCUT2D eigenvalue weighted by Crippen LogP contribution is -2.52. The quantitative estimate of drug-likeness (QED) is 0.704. The van der Waals surface area contributed by atoms with E-state index in [0.29, 0.717) is 6.04 Å². The second kappa shape index (κ2) is 5.10. The van der Waals surface area contributed by atoms with Gasteiger partial charge in [0.2, 0.25) is 0 Å². The topological polar surface area (TPSA) is 41.5 Å². The summed E-state index contributed by atoms with van der Waals surface area (Å²) in [6, 6.07) is 0.402. The lowest BCUT2D eigenvalue weighted by Gasteiger charge is -2.33. The maximum Gasteiger partial charge on any atom is 0.0700 e. The number of aliphatic hydroxyl groups excluding tert-OH is 1. The van der Waals surface area contributed by atoms with Gasteiger partial charge >= 0.3 is 0 Å². The van der Waals surface area contributed by atoms with Crippen molar-refractivity contribution in [3.05, 3.63) is 0 Å². The molecular formula is C11H23NO2. The monoisotopic (exact) mass is 201 g/mol. The molecule has 3 unspecified atom stereocenters. The van der Waals surface area contributed by atoms with Crippen LogP contribution in [-0.4, -0.2) is 36.0 Å². The van der Waals surface area contributed by atoms with Crippen LogP contribution in [-0.2, 0) is 4.74 Å². The maximum atomic E-state index is 9.36. The molecule has 3 nitrogen and oxygen atoms in total. The fourth-order valence-corrected chi connectivity index (χ4v) is 2.12. The minimum atomic E-state index is -0.138. The van der Waals surface area contributed by atoms with Crippen LogP contribution in [0.1, 0.15) is 40.0 Å². The standard InChI is InChI=1S/C11H23NO2/c1-4-6-11(3,8-13)12-10-5-7-14-9(10)2/h9-10,12-13H,4-8H2,1-3H3. The Morgan fingerprint density at radius 1 is 1.57 bits per heavy atom. The highest BCUT2D eigenvalue weighted by Gasteiger charge is 2.31. The van der Waals surface area contributed by atoms with Crippen LogP contribution >= 0.6 is 0 Å². The lowest BCUT2D eigenvalue weighted by molar-refractivity contribution is 0.0921. The van der Waals surface area contributed by atoms with Gasteiger partial charge in [0.25, 0.3) is 0 Å². The Balaban J connectivity index is 2.46. The first-order valence-corrected chi connectivity index (χ1v) is 5.61. The van der Waals surface area contributed by atoms with Crippen LogP contribution in [0.25, 0.3) is 0 Å². The highest BCUT2D eigenvalue weighted by molar-refractivity contribution is 4.90. The van der Waals surface area contributed by atoms with Crippen molar-refractivity contribution in [1.82, 2.24) is 5.32 Å². The average Bonchev–Trinajstić information content (AvgIpc) is 2.52. The molecule has 1 saturated heterocycles. The average molecular weight is 201 g/mol. The van der Waals surface area contributed by atoms with Crippen molar-refractivity contribution >= 4 is 0 Å². The minimum Gasteiger partial charge on any atom is -0.394 e. The first-order valence-electron chi connectivity index (χ1n) is 5.61. The second-order valence-electron chi connectivity index (χ2n) is 4.58. The van der Waals surface area contributed by atoms with Gasteiger partial charge in [-0.15, -0.1) is 0 Å². The third kappa shape index (κ3) is 2.94. The third-order valence-corrected chi connectivity index (χ3v) is 3.06. The van der Waals surface area contributed by atoms with Crippen LogP contribution in [0.15, 0.2) is 0 Å². The lowest BCUT2D eigenvalue weighted by atomic mass is 9.95. The zero-order valence-electron chi connectivity index (χ0n) is 9.55. The predicted octanol–water partition coefficient (Wildman–Crippen LogP) is 1.30. The molecule has 0 saturated carbocycles. The van der Waals surface area contributed by atoms with E-state index in [1.807, 2.05) is 0 Å². The van der Waals surface area contributed by atoms with Crippen molar-refractivity contribution in [1.29, 1.82) is 0 Å². The van der Waals surface area contributed by atoms with Crippen molar-refractivity contribution < 1.29 is 9.84 Å². The first kappa shape index (κ1) is 12.0. The first-order chi connectivity index (χ1) is 6.61. The Bertz CT molecular complexity index is 175. The van der Waals surface area contributed by atoms with E-state index < -0.39 is 0 Å². The van der Waals surface area contributed by atoms with Gasteiger partial charge in [0.1, 0.15) is 0 Å². The van der Waals surface area contributed by atoms with Crippen LogP contribution in [0.2, 0.25) is 0 Å². The molecule has 0 aromatic rings. The SMILES string of the molecule is CCCC(C)(CO)NC1CCOC1C. The number of aliphatic hydroxyl groups is 1. The highest BCUT2D eigenvalue weighted by atomic mass is 16.5. The summed E-state index contributed by atoms with van der Waals surface area (Å²) < 4.78 is 5.49. The van der Waals surface area contributed by atoms with Crippen molar-refractivity contribution in [2.24, 2.45) is 0 Å². The van der Waals surface area contributed by atoms with Crippen molar-refractivity contribution in [2.75, 3.05) is 13.2 Å². The molecule has 0 spiro atoms. The van der Waals surface area contributed by atoms with Gasteiger partial charge < -0.3 is 15.2 Å². The predicted molar refractivity (Wildman–Crippen MR) is 57.4 cm³/mol. The second-order valence-corrected chi connectivity index (χ2v) is 4.58. The fourth-order valence-electron chi connectivity index (χ4n) is 2.12. The summed E-state index contributed by atoms with van der Waals surface area (Å²) >= 11 is 0. The summed E-state index contributed by atoms with van der Waals surface area (Å²) in [5.74, 6) is 0. The van der Waals surface area contributed by atoms with Gasteiger partial charge in [-0.1, -0.05) is 13.3 Å². The Morgan fingerprint density at radius 2 is 2.29 bits per heavy atom. The Hall–Kier alpha value is -0.120. The zero-order chi connectivity index (χ0) is 10.6. The number of hydrogen-bond donors (Lipinski definition) is 2. The van der Waals surface area contributed by atoms with E-state index in [1.165, 1.54) is 0 Å². The van der Waals surface area contributed by atoms with Gasteiger partial charge in [0.05, 0.1) is 12.7 Å². The van der Waals surface area contributed by atoms with Gasteiger partial charge in [0.15, 0.2) is 0 Å². The number of hydrogen-bond acceptors (Lipinski definition) is 3. The molecule has 3 heteroatoms. The third-order valence-electron chi connectivity index (χ3n) is 3.06. The van der Waals surface area contributed by atoms with Crippen LogP contribution < -0.4 is 5.32 Å². The molecule has 1 aliphatic rings. The maximum absolute atomic E-state index is 9.36. The largest absolute Gasteiger partial charge is 0.394 e. The summed E-state index contributed by atoms with van der Waals surface area (Å²) in [5.41, 5.74) is -0.138. The molecular weight excluding hydrogens is 178 g/mol. The molecule has 1 aliphatic heterocycles. The molecule has 0 aromatic carbocycles. The summed E-state index contributed by atoms with van der Waals surface area (Å²) in [6.45, 7) is 7.36. The van der Waals surface area contributed by atoms with Crippen LogP contribution in [0.5, 0.6) is 0 Å². The summed E-state index contributed by atoms with van der Waals surface area (Å²) in [4.78, 5) is 0. The molecule has 0 aromatic heterocycles. The molecule has 2 N–H and O–H groups in total. The zero-order valence-corrected chi connectivity index (χ0v) is 9.55. The van der Waals surface area contributed by atoms with E-state index >= 15 is 0 Å². The molecule has 3 atom stereocenters. The number of ether oxygens (including phenoxy) is 1. The minimum absolute atomic E-state index is 0.138. The number of rotatable bonds is 5. The molecule has 1 heterocycles. The molecule has 0 amide bonds. The van der Waals surface area contributed by atoms with E-state index in [-0.39, 0.29) is 18.2 Å². The molecule has 84 valence electrons. The molecule has 0 radical (unpaired) electrons. The van der Waals surface area contributed by atoms with E-state index in [4.69, 9.17) is 4.74 Å². The molecule has 0 bridgehead atoms. The highest BCUT2D eigenvalue weighted by Crippen LogP contribution is 2.19. The summed E-state index contributed by atoms with van der Waals surface area (Å²) in [7, 11) is 0. The Morgan fingerprint density at radius 3 is 2.71 bits per heavy atom. The van der Waals surface area contributed by atoms with Crippen LogP contribution in [0.3, 0.4) is 0 Å². The van der Waals surface area contributed by atoms with Gasteiger partial charge in [-0.25, -0.2) is 0 Å². The summed E-state index contributed by atoms with van der Waals surface area (Å²) in [6.07, 6.45) is 3.43. The summed E-state index contributed by atoms with van der Waals surface area (Å²) in [5, 5.41) is 12.9. The Kier molecular flexibility index (Phi) is 4.35. The van der Waals surface area contributed by atoms with Gasteiger partial charge in [0, 0.05) is 18.2 Å². The van der Waals surface area contributed by atoms with Gasteiger partial charge in [-0.3, -0.25) is 0 Å². The Labute approximate surface area is 86.8 Å². The molecule has 1 rings (SSSR count). The number of nitrogens with one attached hydrogen (secondary N) is 1.